The van der Waals surface area contributed by atoms with Crippen molar-refractivity contribution in [2.24, 2.45) is 0 Å². The summed E-state index contributed by atoms with van der Waals surface area (Å²) >= 11 is 7.45. The molecule has 1 aliphatic heterocycles. The highest BCUT2D eigenvalue weighted by Crippen LogP contribution is 2.37. The van der Waals surface area contributed by atoms with Crippen molar-refractivity contribution < 1.29 is 8.42 Å². The first kappa shape index (κ1) is 14.8. The van der Waals surface area contributed by atoms with Crippen LogP contribution >= 0.6 is 22.9 Å². The number of halogens is 1. The Morgan fingerprint density at radius 3 is 2.81 bits per heavy atom. The lowest BCUT2D eigenvalue weighted by Crippen LogP contribution is -2.30. The Morgan fingerprint density at radius 2 is 2.14 bits per heavy atom. The molecule has 4 nitrogen and oxygen atoms in total. The van der Waals surface area contributed by atoms with Crippen LogP contribution in [-0.4, -0.2) is 19.3 Å². The van der Waals surface area contributed by atoms with Crippen LogP contribution in [0.15, 0.2) is 39.9 Å². The van der Waals surface area contributed by atoms with Crippen LogP contribution in [0.2, 0.25) is 5.02 Å². The molecular weight excluding hydrogens is 328 g/mol. The fourth-order valence-corrected chi connectivity index (χ4v) is 5.19. The second kappa shape index (κ2) is 5.61. The van der Waals surface area contributed by atoms with Gasteiger partial charge in [0.05, 0.1) is 21.6 Å². The molecule has 3 rings (SSSR count). The summed E-state index contributed by atoms with van der Waals surface area (Å²) in [6, 6.07) is 6.37. The summed E-state index contributed by atoms with van der Waals surface area (Å²) in [4.78, 5) is 0.200. The molecule has 0 radical (unpaired) electrons. The third-order valence-corrected chi connectivity index (χ3v) is 6.66. The molecule has 1 fully saturated rings. The fraction of sp³-hybridized carbons (Fsp3) is 0.286. The summed E-state index contributed by atoms with van der Waals surface area (Å²) in [5.41, 5.74) is 7.07. The molecule has 1 aromatic heterocycles. The maximum Gasteiger partial charge on any atom is 0.243 e. The molecule has 7 heteroatoms. The maximum atomic E-state index is 12.8. The van der Waals surface area contributed by atoms with Gasteiger partial charge in [-0.1, -0.05) is 11.6 Å². The second-order valence-electron chi connectivity index (χ2n) is 5.01. The minimum Gasteiger partial charge on any atom is -0.397 e. The minimum absolute atomic E-state index is 0.0850. The first-order valence-corrected chi connectivity index (χ1v) is 9.35. The highest BCUT2D eigenvalue weighted by Gasteiger charge is 2.36. The number of rotatable bonds is 3. The second-order valence-corrected chi connectivity index (χ2v) is 8.09. The van der Waals surface area contributed by atoms with Gasteiger partial charge >= 0.3 is 0 Å². The standard InChI is InChI=1S/C14H15ClN2O2S2/c15-12-4-3-11(8-13(12)16)21(18,19)17-6-1-2-14(17)10-5-7-20-9-10/h3-5,7-9,14H,1-2,6,16H2. The van der Waals surface area contributed by atoms with Crippen molar-refractivity contribution in [1.82, 2.24) is 4.31 Å². The monoisotopic (exact) mass is 342 g/mol. The van der Waals surface area contributed by atoms with Crippen molar-refractivity contribution in [3.63, 3.8) is 0 Å². The van der Waals surface area contributed by atoms with E-state index in [2.05, 4.69) is 0 Å². The Bertz CT molecular complexity index is 744. The zero-order valence-corrected chi connectivity index (χ0v) is 13.6. The van der Waals surface area contributed by atoms with E-state index >= 15 is 0 Å². The molecule has 2 N–H and O–H groups in total. The zero-order chi connectivity index (χ0) is 15.0. The van der Waals surface area contributed by atoms with Crippen molar-refractivity contribution in [2.45, 2.75) is 23.8 Å². The Morgan fingerprint density at radius 1 is 1.33 bits per heavy atom. The van der Waals surface area contributed by atoms with Crippen molar-refractivity contribution >= 4 is 38.6 Å². The molecule has 1 unspecified atom stereocenters. The molecular formula is C14H15ClN2O2S2. The number of nitrogens with zero attached hydrogens (tertiary/aromatic N) is 1. The molecule has 1 saturated heterocycles. The van der Waals surface area contributed by atoms with Crippen LogP contribution < -0.4 is 5.73 Å². The third-order valence-electron chi connectivity index (χ3n) is 3.71. The van der Waals surface area contributed by atoms with Crippen molar-refractivity contribution in [3.05, 3.63) is 45.6 Å². The topological polar surface area (TPSA) is 63.4 Å². The van der Waals surface area contributed by atoms with Gasteiger partial charge in [0, 0.05) is 6.54 Å². The minimum atomic E-state index is -3.55. The predicted octanol–water partition coefficient (Wildman–Crippen LogP) is 3.51. The van der Waals surface area contributed by atoms with Crippen LogP contribution in [0, 0.1) is 0 Å². The van der Waals surface area contributed by atoms with Gasteiger partial charge in [-0.05, 0) is 53.4 Å². The smallest absolute Gasteiger partial charge is 0.243 e. The Hall–Kier alpha value is -1.08. The van der Waals surface area contributed by atoms with E-state index in [1.165, 1.54) is 18.2 Å². The number of hydrogen-bond donors (Lipinski definition) is 1. The van der Waals surface area contributed by atoms with Crippen LogP contribution in [0.1, 0.15) is 24.4 Å². The largest absolute Gasteiger partial charge is 0.397 e. The molecule has 112 valence electrons. The molecule has 1 aliphatic rings. The number of hydrogen-bond acceptors (Lipinski definition) is 4. The van der Waals surface area contributed by atoms with Crippen LogP contribution in [0.25, 0.3) is 0 Å². The van der Waals surface area contributed by atoms with Gasteiger partial charge in [0.15, 0.2) is 0 Å². The summed E-state index contributed by atoms with van der Waals surface area (Å²) < 4.78 is 27.2. The first-order valence-electron chi connectivity index (χ1n) is 6.59. The molecule has 0 amide bonds. The summed E-state index contributed by atoms with van der Waals surface area (Å²) in [7, 11) is -3.55. The third kappa shape index (κ3) is 2.68. The highest BCUT2D eigenvalue weighted by atomic mass is 35.5. The normalized spacial score (nSPS) is 20.0. The highest BCUT2D eigenvalue weighted by molar-refractivity contribution is 7.89. The van der Waals surface area contributed by atoms with E-state index in [-0.39, 0.29) is 16.6 Å². The molecule has 21 heavy (non-hydrogen) atoms. The van der Waals surface area contributed by atoms with Gasteiger partial charge in [0.1, 0.15) is 0 Å². The number of thiophene rings is 1. The quantitative estimate of drug-likeness (QED) is 0.868. The number of benzene rings is 1. The van der Waals surface area contributed by atoms with Gasteiger partial charge in [-0.3, -0.25) is 0 Å². The van der Waals surface area contributed by atoms with E-state index < -0.39 is 10.0 Å². The van der Waals surface area contributed by atoms with Gasteiger partial charge in [-0.15, -0.1) is 0 Å². The molecule has 1 atom stereocenters. The molecule has 0 spiro atoms. The predicted molar refractivity (Wildman–Crippen MR) is 86.1 cm³/mol. The van der Waals surface area contributed by atoms with Gasteiger partial charge < -0.3 is 5.73 Å². The first-order chi connectivity index (χ1) is 10.00. The van der Waals surface area contributed by atoms with Crippen LogP contribution in [0.5, 0.6) is 0 Å². The van der Waals surface area contributed by atoms with Gasteiger partial charge in [0.25, 0.3) is 0 Å². The van der Waals surface area contributed by atoms with Crippen LogP contribution in [-0.2, 0) is 10.0 Å². The van der Waals surface area contributed by atoms with E-state index in [1.54, 1.807) is 15.6 Å². The van der Waals surface area contributed by atoms with Crippen LogP contribution in [0.3, 0.4) is 0 Å². The van der Waals surface area contributed by atoms with Crippen molar-refractivity contribution in [2.75, 3.05) is 12.3 Å². The Kier molecular flexibility index (Phi) is 3.96. The fourth-order valence-electron chi connectivity index (χ4n) is 2.64. The number of sulfonamides is 1. The average molecular weight is 343 g/mol. The Labute approximate surface area is 133 Å². The van der Waals surface area contributed by atoms with E-state index in [4.69, 9.17) is 17.3 Å². The van der Waals surface area contributed by atoms with Gasteiger partial charge in [-0.25, -0.2) is 8.42 Å². The number of nitrogen functional groups attached to an aromatic ring is 1. The summed E-state index contributed by atoms with van der Waals surface area (Å²) in [5, 5.41) is 4.35. The van der Waals surface area contributed by atoms with Crippen molar-refractivity contribution in [3.8, 4) is 0 Å². The SMILES string of the molecule is Nc1cc(S(=O)(=O)N2CCCC2c2ccsc2)ccc1Cl. The average Bonchev–Trinajstić information content (AvgIpc) is 3.11. The van der Waals surface area contributed by atoms with Crippen LogP contribution in [0.4, 0.5) is 5.69 Å². The summed E-state index contributed by atoms with van der Waals surface area (Å²) in [5.74, 6) is 0. The lowest BCUT2D eigenvalue weighted by Gasteiger charge is -2.23. The summed E-state index contributed by atoms with van der Waals surface area (Å²) in [6.07, 6.45) is 1.71. The summed E-state index contributed by atoms with van der Waals surface area (Å²) in [6.45, 7) is 0.533. The molecule has 1 aromatic carbocycles. The van der Waals surface area contributed by atoms with E-state index in [1.807, 2.05) is 16.8 Å². The maximum absolute atomic E-state index is 12.8. The van der Waals surface area contributed by atoms with Crippen molar-refractivity contribution in [1.29, 1.82) is 0 Å². The lowest BCUT2D eigenvalue weighted by molar-refractivity contribution is 0.397. The number of anilines is 1. The Balaban J connectivity index is 1.99. The van der Waals surface area contributed by atoms with Gasteiger partial charge in [0.2, 0.25) is 10.0 Å². The molecule has 2 heterocycles. The number of nitrogens with two attached hydrogens (primary N) is 1. The zero-order valence-electron chi connectivity index (χ0n) is 11.2. The molecule has 0 bridgehead atoms. The van der Waals surface area contributed by atoms with E-state index in [0.717, 1.165) is 18.4 Å². The molecule has 0 saturated carbocycles. The van der Waals surface area contributed by atoms with E-state index in [9.17, 15) is 8.42 Å². The van der Waals surface area contributed by atoms with E-state index in [0.29, 0.717) is 11.6 Å². The molecule has 0 aliphatic carbocycles. The molecule has 2 aromatic rings. The van der Waals surface area contributed by atoms with Gasteiger partial charge in [-0.2, -0.15) is 15.6 Å². The lowest BCUT2D eigenvalue weighted by atomic mass is 10.1.